The third-order valence-electron chi connectivity index (χ3n) is 3.16. The van der Waals surface area contributed by atoms with E-state index in [0.717, 1.165) is 28.1 Å². The lowest BCUT2D eigenvalue weighted by Gasteiger charge is -1.98. The molecule has 1 aliphatic heterocycles. The Morgan fingerprint density at radius 3 is 3.00 bits per heavy atom. The van der Waals surface area contributed by atoms with Crippen LogP contribution in [0.15, 0.2) is 53.9 Å². The van der Waals surface area contributed by atoms with Crippen LogP contribution in [0.4, 0.5) is 0 Å². The van der Waals surface area contributed by atoms with Crippen molar-refractivity contribution in [2.45, 2.75) is 0 Å². The molecule has 0 saturated heterocycles. The number of fused-ring (bicyclic) bond motifs is 2. The van der Waals surface area contributed by atoms with E-state index in [0.29, 0.717) is 0 Å². The van der Waals surface area contributed by atoms with Gasteiger partial charge in [0.2, 0.25) is 6.79 Å². The van der Waals surface area contributed by atoms with Gasteiger partial charge in [-0.05, 0) is 35.9 Å². The van der Waals surface area contributed by atoms with Crippen molar-refractivity contribution in [3.8, 4) is 11.5 Å². The lowest BCUT2D eigenvalue weighted by atomic mass is 10.2. The number of aromatic nitrogens is 2. The lowest BCUT2D eigenvalue weighted by molar-refractivity contribution is 0.174. The van der Waals surface area contributed by atoms with Crippen LogP contribution in [0.25, 0.3) is 11.0 Å². The molecule has 2 heterocycles. The Labute approximate surface area is 115 Å². The van der Waals surface area contributed by atoms with E-state index >= 15 is 0 Å². The minimum Gasteiger partial charge on any atom is -0.454 e. The monoisotopic (exact) mass is 265 g/mol. The highest BCUT2D eigenvalue weighted by atomic mass is 16.7. The molecule has 3 aromatic rings. The standard InChI is InChI=1S/C15H11N3O2/c1-2-4-13-12(3-1)16-9-18(13)17-8-11-5-6-14-15(7-11)20-10-19-14/h1-9H,10H2/b17-8-. The minimum atomic E-state index is 0.280. The van der Waals surface area contributed by atoms with Crippen molar-refractivity contribution >= 4 is 17.2 Å². The largest absolute Gasteiger partial charge is 0.454 e. The van der Waals surface area contributed by atoms with Gasteiger partial charge in [0.05, 0.1) is 17.2 Å². The molecule has 0 aliphatic carbocycles. The Kier molecular flexibility index (Phi) is 2.42. The van der Waals surface area contributed by atoms with Crippen molar-refractivity contribution in [2.24, 2.45) is 5.10 Å². The summed E-state index contributed by atoms with van der Waals surface area (Å²) in [5.74, 6) is 1.53. The van der Waals surface area contributed by atoms with E-state index in [-0.39, 0.29) is 6.79 Å². The third kappa shape index (κ3) is 1.80. The Morgan fingerprint density at radius 2 is 2.00 bits per heavy atom. The molecule has 0 fully saturated rings. The van der Waals surface area contributed by atoms with Crippen LogP contribution in [0.2, 0.25) is 0 Å². The van der Waals surface area contributed by atoms with Crippen molar-refractivity contribution in [1.82, 2.24) is 9.66 Å². The molecule has 0 N–H and O–H groups in total. The SMILES string of the molecule is C(=N/n1cnc2ccccc21)/c1ccc2c(c1)OCO2. The number of benzene rings is 2. The molecule has 2 aromatic carbocycles. The predicted molar refractivity (Wildman–Crippen MR) is 75.3 cm³/mol. The predicted octanol–water partition coefficient (Wildman–Crippen LogP) is 2.65. The summed E-state index contributed by atoms with van der Waals surface area (Å²) in [4.78, 5) is 4.29. The van der Waals surface area contributed by atoms with Crippen LogP contribution in [-0.4, -0.2) is 22.7 Å². The first kappa shape index (κ1) is 11.0. The average Bonchev–Trinajstić information content (AvgIpc) is 3.11. The molecular weight excluding hydrogens is 254 g/mol. The summed E-state index contributed by atoms with van der Waals surface area (Å²) in [6.07, 6.45) is 3.48. The maximum atomic E-state index is 5.34. The van der Waals surface area contributed by atoms with Crippen molar-refractivity contribution in [1.29, 1.82) is 0 Å². The molecular formula is C15H11N3O2. The van der Waals surface area contributed by atoms with Crippen molar-refractivity contribution in [3.63, 3.8) is 0 Å². The lowest BCUT2D eigenvalue weighted by Crippen LogP contribution is -1.93. The molecule has 20 heavy (non-hydrogen) atoms. The molecule has 0 bridgehead atoms. The summed E-state index contributed by atoms with van der Waals surface area (Å²) in [5, 5.41) is 4.42. The third-order valence-corrected chi connectivity index (χ3v) is 3.16. The van der Waals surface area contributed by atoms with Gasteiger partial charge < -0.3 is 9.47 Å². The molecule has 1 aromatic heterocycles. The summed E-state index contributed by atoms with van der Waals surface area (Å²) < 4.78 is 12.4. The zero-order valence-electron chi connectivity index (χ0n) is 10.6. The van der Waals surface area contributed by atoms with Gasteiger partial charge in [-0.15, -0.1) is 0 Å². The highest BCUT2D eigenvalue weighted by Gasteiger charge is 2.12. The van der Waals surface area contributed by atoms with E-state index < -0.39 is 0 Å². The summed E-state index contributed by atoms with van der Waals surface area (Å²) in [7, 11) is 0. The maximum absolute atomic E-state index is 5.34. The Hall–Kier alpha value is -2.82. The average molecular weight is 265 g/mol. The van der Waals surface area contributed by atoms with Crippen LogP contribution in [0.5, 0.6) is 11.5 Å². The van der Waals surface area contributed by atoms with Crippen molar-refractivity contribution in [2.75, 3.05) is 6.79 Å². The maximum Gasteiger partial charge on any atom is 0.231 e. The minimum absolute atomic E-state index is 0.280. The van der Waals surface area contributed by atoms with Gasteiger partial charge in [-0.25, -0.2) is 9.66 Å². The number of hydrogen-bond acceptors (Lipinski definition) is 4. The smallest absolute Gasteiger partial charge is 0.231 e. The fourth-order valence-electron chi connectivity index (χ4n) is 2.16. The topological polar surface area (TPSA) is 48.6 Å². The van der Waals surface area contributed by atoms with E-state index in [4.69, 9.17) is 9.47 Å². The van der Waals surface area contributed by atoms with Gasteiger partial charge >= 0.3 is 0 Å². The van der Waals surface area contributed by atoms with Crippen LogP contribution < -0.4 is 9.47 Å². The number of ether oxygens (including phenoxy) is 2. The number of imidazole rings is 1. The quantitative estimate of drug-likeness (QED) is 0.669. The summed E-state index contributed by atoms with van der Waals surface area (Å²) >= 11 is 0. The normalized spacial score (nSPS) is 13.4. The summed E-state index contributed by atoms with van der Waals surface area (Å²) in [6.45, 7) is 0.280. The van der Waals surface area contributed by atoms with Gasteiger partial charge in [0.15, 0.2) is 11.5 Å². The Morgan fingerprint density at radius 1 is 1.10 bits per heavy atom. The summed E-state index contributed by atoms with van der Waals surface area (Å²) in [6, 6.07) is 13.6. The zero-order chi connectivity index (χ0) is 13.4. The molecule has 5 nitrogen and oxygen atoms in total. The van der Waals surface area contributed by atoms with E-state index in [9.17, 15) is 0 Å². The number of hydrogen-bond donors (Lipinski definition) is 0. The number of para-hydroxylation sites is 2. The first-order chi connectivity index (χ1) is 9.90. The fraction of sp³-hybridized carbons (Fsp3) is 0.0667. The van der Waals surface area contributed by atoms with Crippen LogP contribution in [-0.2, 0) is 0 Å². The Balaban J connectivity index is 1.68. The zero-order valence-corrected chi connectivity index (χ0v) is 10.6. The molecule has 5 heteroatoms. The van der Waals surface area contributed by atoms with Gasteiger partial charge in [-0.1, -0.05) is 12.1 Å². The molecule has 0 atom stereocenters. The molecule has 0 unspecified atom stereocenters. The molecule has 0 spiro atoms. The number of rotatable bonds is 2. The second-order valence-electron chi connectivity index (χ2n) is 4.44. The molecule has 0 amide bonds. The highest BCUT2D eigenvalue weighted by molar-refractivity contribution is 5.82. The first-order valence-corrected chi connectivity index (χ1v) is 6.26. The Bertz CT molecular complexity index is 808. The summed E-state index contributed by atoms with van der Waals surface area (Å²) in [5.41, 5.74) is 2.85. The van der Waals surface area contributed by atoms with Crippen LogP contribution >= 0.6 is 0 Å². The number of nitrogens with zero attached hydrogens (tertiary/aromatic N) is 3. The van der Waals surface area contributed by atoms with E-state index in [2.05, 4.69) is 10.1 Å². The van der Waals surface area contributed by atoms with Crippen LogP contribution in [0.3, 0.4) is 0 Å². The van der Waals surface area contributed by atoms with E-state index in [1.54, 1.807) is 17.2 Å². The first-order valence-electron chi connectivity index (χ1n) is 6.26. The van der Waals surface area contributed by atoms with Gasteiger partial charge in [0, 0.05) is 0 Å². The van der Waals surface area contributed by atoms with Gasteiger partial charge in [-0.3, -0.25) is 0 Å². The second kappa shape index (κ2) is 4.38. The van der Waals surface area contributed by atoms with E-state index in [1.165, 1.54) is 0 Å². The van der Waals surface area contributed by atoms with Crippen molar-refractivity contribution < 1.29 is 9.47 Å². The van der Waals surface area contributed by atoms with Gasteiger partial charge in [0.1, 0.15) is 6.33 Å². The molecule has 98 valence electrons. The van der Waals surface area contributed by atoms with Gasteiger partial charge in [-0.2, -0.15) is 5.10 Å². The fourth-order valence-corrected chi connectivity index (χ4v) is 2.16. The molecule has 0 radical (unpaired) electrons. The van der Waals surface area contributed by atoms with Crippen LogP contribution in [0.1, 0.15) is 5.56 Å². The van der Waals surface area contributed by atoms with Crippen molar-refractivity contribution in [3.05, 3.63) is 54.4 Å². The van der Waals surface area contributed by atoms with E-state index in [1.807, 2.05) is 42.5 Å². The van der Waals surface area contributed by atoms with Gasteiger partial charge in [0.25, 0.3) is 0 Å². The molecule has 0 saturated carbocycles. The second-order valence-corrected chi connectivity index (χ2v) is 4.44. The highest BCUT2D eigenvalue weighted by Crippen LogP contribution is 2.32. The van der Waals surface area contributed by atoms with Crippen LogP contribution in [0, 0.1) is 0 Å². The molecule has 4 rings (SSSR count). The molecule has 1 aliphatic rings.